The van der Waals surface area contributed by atoms with E-state index in [0.717, 1.165) is 29.7 Å². The summed E-state index contributed by atoms with van der Waals surface area (Å²) in [6, 6.07) is 14.6. The second-order valence-electron chi connectivity index (χ2n) is 10.7. The molecule has 0 saturated carbocycles. The monoisotopic (exact) mass is 555 g/mol. The van der Waals surface area contributed by atoms with Crippen LogP contribution in [-0.2, 0) is 31.2 Å². The van der Waals surface area contributed by atoms with Gasteiger partial charge in [-0.25, -0.2) is 0 Å². The van der Waals surface area contributed by atoms with Gasteiger partial charge in [-0.1, -0.05) is 62.7 Å². The molecule has 1 aliphatic heterocycles. The Kier molecular flexibility index (Phi) is 8.71. The molecular formula is C31H36F3N3O3. The summed E-state index contributed by atoms with van der Waals surface area (Å²) in [5.74, 6) is 0.0753. The number of hydrogen-bond donors (Lipinski definition) is 0. The van der Waals surface area contributed by atoms with Gasteiger partial charge in [0.25, 0.3) is 5.91 Å². The minimum atomic E-state index is -4.43. The molecular weight excluding hydrogens is 519 g/mol. The molecule has 1 unspecified atom stereocenters. The normalized spacial score (nSPS) is 15.2. The second-order valence-corrected chi connectivity index (χ2v) is 10.7. The van der Waals surface area contributed by atoms with Gasteiger partial charge in [-0.2, -0.15) is 18.2 Å². The molecule has 0 N–H and O–H groups in total. The zero-order chi connectivity index (χ0) is 29.1. The highest BCUT2D eigenvalue weighted by molar-refractivity contribution is 5.96. The number of carbonyl (C=O) groups is 1. The lowest BCUT2D eigenvalue weighted by Gasteiger charge is -2.37. The highest BCUT2D eigenvalue weighted by Gasteiger charge is 2.38. The molecule has 1 atom stereocenters. The zero-order valence-corrected chi connectivity index (χ0v) is 23.4. The number of halogens is 3. The van der Waals surface area contributed by atoms with Gasteiger partial charge in [0.2, 0.25) is 5.75 Å². The van der Waals surface area contributed by atoms with Gasteiger partial charge in [0.05, 0.1) is 5.56 Å². The molecule has 1 aromatic heterocycles. The lowest BCUT2D eigenvalue weighted by atomic mass is 9.71. The quantitative estimate of drug-likeness (QED) is 0.291. The van der Waals surface area contributed by atoms with Crippen LogP contribution in [0.2, 0.25) is 0 Å². The summed E-state index contributed by atoms with van der Waals surface area (Å²) >= 11 is 0. The van der Waals surface area contributed by atoms with E-state index in [1.807, 2.05) is 58.0 Å². The Morgan fingerprint density at radius 3 is 2.17 bits per heavy atom. The van der Waals surface area contributed by atoms with Gasteiger partial charge in [0.15, 0.2) is 5.69 Å². The van der Waals surface area contributed by atoms with E-state index in [1.165, 1.54) is 12.1 Å². The van der Waals surface area contributed by atoms with Crippen molar-refractivity contribution in [3.63, 3.8) is 0 Å². The summed E-state index contributed by atoms with van der Waals surface area (Å²) in [5.41, 5.74) is -0.106. The molecule has 0 fully saturated rings. The second kappa shape index (κ2) is 11.9. The van der Waals surface area contributed by atoms with Crippen LogP contribution in [0.4, 0.5) is 13.2 Å². The Labute approximate surface area is 232 Å². The van der Waals surface area contributed by atoms with Crippen molar-refractivity contribution in [2.75, 3.05) is 6.54 Å². The minimum absolute atomic E-state index is 0.0723. The molecule has 6 nitrogen and oxygen atoms in total. The molecule has 0 saturated heterocycles. The van der Waals surface area contributed by atoms with E-state index in [4.69, 9.17) is 4.74 Å². The molecule has 9 heteroatoms. The molecule has 0 aliphatic carbocycles. The van der Waals surface area contributed by atoms with E-state index in [9.17, 15) is 22.8 Å². The topological polar surface area (TPSA) is 64.4 Å². The van der Waals surface area contributed by atoms with Gasteiger partial charge in [0, 0.05) is 31.0 Å². The Hall–Kier alpha value is -3.62. The first-order valence-corrected chi connectivity index (χ1v) is 13.8. The fourth-order valence-corrected chi connectivity index (χ4v) is 5.60. The molecule has 0 bridgehead atoms. The molecule has 40 heavy (non-hydrogen) atoms. The lowest BCUT2D eigenvalue weighted by Crippen LogP contribution is -2.47. The van der Waals surface area contributed by atoms with E-state index in [-0.39, 0.29) is 30.0 Å². The van der Waals surface area contributed by atoms with Crippen LogP contribution < -0.4 is 10.3 Å². The molecule has 1 amide bonds. The van der Waals surface area contributed by atoms with Crippen molar-refractivity contribution in [2.45, 2.75) is 84.2 Å². The van der Waals surface area contributed by atoms with Gasteiger partial charge < -0.3 is 14.2 Å². The van der Waals surface area contributed by atoms with Crippen molar-refractivity contribution in [3.05, 3.63) is 93.2 Å². The van der Waals surface area contributed by atoms with E-state index >= 15 is 0 Å². The maximum atomic E-state index is 13.7. The van der Waals surface area contributed by atoms with Gasteiger partial charge in [0.1, 0.15) is 12.4 Å². The number of nitrogens with zero attached hydrogens (tertiary/aromatic N) is 3. The molecule has 2 heterocycles. The van der Waals surface area contributed by atoms with Gasteiger partial charge in [-0.3, -0.25) is 9.59 Å². The standard InChI is InChI=1S/C31H36F3N3O3/c1-5-16-30(6-2,23-12-14-24(15-13-23)31(32,33)34)19-25-35-28(38)27(40-20-22-10-8-7-9-11-22)26-29(39)36(21(3)4)17-18-37(25)26/h7-15,21H,5-6,16-20H2,1-4H3. The number of hydrogen-bond acceptors (Lipinski definition) is 4. The summed E-state index contributed by atoms with van der Waals surface area (Å²) in [6.07, 6.45) is -2.04. The highest BCUT2D eigenvalue weighted by Crippen LogP contribution is 2.39. The minimum Gasteiger partial charge on any atom is -0.481 e. The van der Waals surface area contributed by atoms with E-state index in [0.29, 0.717) is 38.2 Å². The smallest absolute Gasteiger partial charge is 0.416 e. The van der Waals surface area contributed by atoms with Crippen molar-refractivity contribution < 1.29 is 22.7 Å². The first kappa shape index (κ1) is 29.4. The third-order valence-corrected chi connectivity index (χ3v) is 7.83. The van der Waals surface area contributed by atoms with E-state index < -0.39 is 22.7 Å². The molecule has 3 aromatic rings. The number of rotatable bonds is 10. The molecule has 0 radical (unpaired) electrons. The van der Waals surface area contributed by atoms with Crippen molar-refractivity contribution in [1.82, 2.24) is 14.5 Å². The zero-order valence-electron chi connectivity index (χ0n) is 23.4. The Balaban J connectivity index is 1.80. The first-order chi connectivity index (χ1) is 19.0. The van der Waals surface area contributed by atoms with Crippen LogP contribution in [0.1, 0.15) is 80.0 Å². The van der Waals surface area contributed by atoms with Crippen LogP contribution in [0.3, 0.4) is 0 Å². The first-order valence-electron chi connectivity index (χ1n) is 13.8. The maximum absolute atomic E-state index is 13.7. The van der Waals surface area contributed by atoms with E-state index in [1.54, 1.807) is 9.47 Å². The average Bonchev–Trinajstić information content (AvgIpc) is 2.92. The van der Waals surface area contributed by atoms with Gasteiger partial charge in [-0.15, -0.1) is 0 Å². The molecule has 2 aromatic carbocycles. The SMILES string of the molecule is CCCC(CC)(Cc1nc(=O)c(OCc2ccccc2)c2n1CCN(C(C)C)C2=O)c1ccc(C(F)(F)F)cc1. The number of fused-ring (bicyclic) bond motifs is 1. The largest absolute Gasteiger partial charge is 0.481 e. The summed E-state index contributed by atoms with van der Waals surface area (Å²) in [5, 5.41) is 0. The Morgan fingerprint density at radius 2 is 1.60 bits per heavy atom. The van der Waals surface area contributed by atoms with Gasteiger partial charge in [-0.05, 0) is 49.9 Å². The molecule has 1 aliphatic rings. The fourth-order valence-electron chi connectivity index (χ4n) is 5.60. The van der Waals surface area contributed by atoms with Crippen molar-refractivity contribution >= 4 is 5.91 Å². The number of ether oxygens (including phenoxy) is 1. The predicted octanol–water partition coefficient (Wildman–Crippen LogP) is 6.40. The molecule has 214 valence electrons. The third kappa shape index (κ3) is 5.93. The van der Waals surface area contributed by atoms with Crippen molar-refractivity contribution in [2.24, 2.45) is 0 Å². The molecule has 0 spiro atoms. The summed E-state index contributed by atoms with van der Waals surface area (Å²) < 4.78 is 47.5. The number of alkyl halides is 3. The van der Waals surface area contributed by atoms with Crippen LogP contribution in [0.15, 0.2) is 59.4 Å². The maximum Gasteiger partial charge on any atom is 0.416 e. The highest BCUT2D eigenvalue weighted by atomic mass is 19.4. The number of aromatic nitrogens is 2. The lowest BCUT2D eigenvalue weighted by molar-refractivity contribution is -0.137. The van der Waals surface area contributed by atoms with Crippen LogP contribution in [0.25, 0.3) is 0 Å². The Bertz CT molecular complexity index is 1390. The molecule has 4 rings (SSSR count). The van der Waals surface area contributed by atoms with E-state index in [2.05, 4.69) is 4.98 Å². The predicted molar refractivity (Wildman–Crippen MR) is 147 cm³/mol. The summed E-state index contributed by atoms with van der Waals surface area (Å²) in [6.45, 7) is 8.85. The number of benzene rings is 2. The van der Waals surface area contributed by atoms with Crippen LogP contribution in [0.5, 0.6) is 5.75 Å². The van der Waals surface area contributed by atoms with Crippen molar-refractivity contribution in [3.8, 4) is 5.75 Å². The Morgan fingerprint density at radius 1 is 0.950 bits per heavy atom. The third-order valence-electron chi connectivity index (χ3n) is 7.83. The van der Waals surface area contributed by atoms with Crippen LogP contribution in [-0.4, -0.2) is 32.9 Å². The number of amides is 1. The average molecular weight is 556 g/mol. The van der Waals surface area contributed by atoms with Gasteiger partial charge >= 0.3 is 11.7 Å². The fraction of sp³-hybridized carbons (Fsp3) is 0.452. The number of carbonyl (C=O) groups excluding carboxylic acids is 1. The summed E-state index contributed by atoms with van der Waals surface area (Å²) in [7, 11) is 0. The van der Waals surface area contributed by atoms with Crippen LogP contribution in [0, 0.1) is 0 Å². The van der Waals surface area contributed by atoms with Crippen molar-refractivity contribution in [1.29, 1.82) is 0 Å². The summed E-state index contributed by atoms with van der Waals surface area (Å²) in [4.78, 5) is 33.3. The van der Waals surface area contributed by atoms with Crippen LogP contribution >= 0.6 is 0 Å².